The highest BCUT2D eigenvalue weighted by Crippen LogP contribution is 2.18. The highest BCUT2D eigenvalue weighted by molar-refractivity contribution is 5.70. The number of carbonyl (C=O) groups is 1. The Kier molecular flexibility index (Phi) is 4.50. The van der Waals surface area contributed by atoms with Crippen molar-refractivity contribution in [2.24, 2.45) is 0 Å². The molecular formula is C13H20NO2+. The molecule has 0 heterocycles. The number of ether oxygens (including phenoxy) is 1. The summed E-state index contributed by atoms with van der Waals surface area (Å²) in [6, 6.07) is 6.17. The average Bonchev–Trinajstić information content (AvgIpc) is 2.17. The van der Waals surface area contributed by atoms with E-state index in [1.807, 2.05) is 26.0 Å². The van der Waals surface area contributed by atoms with Gasteiger partial charge in [-0.2, -0.15) is 0 Å². The average molecular weight is 222 g/mol. The van der Waals surface area contributed by atoms with E-state index in [1.165, 1.54) is 11.1 Å². The van der Waals surface area contributed by atoms with Gasteiger partial charge in [0.05, 0.1) is 6.61 Å². The fourth-order valence-corrected chi connectivity index (χ4v) is 1.81. The number of carbonyl (C=O) groups excluding carboxylic acids is 1. The summed E-state index contributed by atoms with van der Waals surface area (Å²) >= 11 is 0. The first-order chi connectivity index (χ1) is 7.54. The second kappa shape index (κ2) is 5.66. The molecular weight excluding hydrogens is 202 g/mol. The highest BCUT2D eigenvalue weighted by atomic mass is 16.5. The largest absolute Gasteiger partial charge is 0.466 e. The highest BCUT2D eigenvalue weighted by Gasteiger charge is 2.17. The molecule has 88 valence electrons. The number of benzene rings is 1. The fourth-order valence-electron chi connectivity index (χ4n) is 1.81. The van der Waals surface area contributed by atoms with Crippen LogP contribution in [0.1, 0.15) is 36.1 Å². The molecule has 0 aliphatic rings. The van der Waals surface area contributed by atoms with Crippen LogP contribution in [-0.4, -0.2) is 12.6 Å². The second-order valence-electron chi connectivity index (χ2n) is 4.07. The third-order valence-electron chi connectivity index (χ3n) is 2.58. The van der Waals surface area contributed by atoms with Gasteiger partial charge in [-0.05, 0) is 26.3 Å². The van der Waals surface area contributed by atoms with Crippen LogP contribution in [0.2, 0.25) is 0 Å². The van der Waals surface area contributed by atoms with Crippen molar-refractivity contribution >= 4 is 5.97 Å². The molecule has 0 fully saturated rings. The Balaban J connectivity index is 2.72. The normalized spacial score (nSPS) is 12.2. The van der Waals surface area contributed by atoms with Crippen molar-refractivity contribution in [3.8, 4) is 0 Å². The Morgan fingerprint density at radius 1 is 1.44 bits per heavy atom. The lowest BCUT2D eigenvalue weighted by atomic mass is 9.98. The smallest absolute Gasteiger partial charge is 0.312 e. The Labute approximate surface area is 96.6 Å². The number of rotatable bonds is 4. The molecule has 0 saturated heterocycles. The first kappa shape index (κ1) is 12.7. The van der Waals surface area contributed by atoms with Crippen molar-refractivity contribution < 1.29 is 15.3 Å². The molecule has 0 aliphatic carbocycles. The van der Waals surface area contributed by atoms with Crippen LogP contribution in [-0.2, 0) is 9.53 Å². The topological polar surface area (TPSA) is 53.9 Å². The van der Waals surface area contributed by atoms with Gasteiger partial charge in [0.1, 0.15) is 12.5 Å². The quantitative estimate of drug-likeness (QED) is 0.786. The molecule has 0 spiro atoms. The van der Waals surface area contributed by atoms with Gasteiger partial charge in [-0.1, -0.05) is 23.8 Å². The molecule has 0 aliphatic heterocycles. The number of esters is 1. The number of quaternary nitrogens is 1. The Morgan fingerprint density at radius 3 is 2.69 bits per heavy atom. The molecule has 16 heavy (non-hydrogen) atoms. The van der Waals surface area contributed by atoms with Gasteiger partial charge in [0.25, 0.3) is 0 Å². The number of hydrogen-bond donors (Lipinski definition) is 1. The molecule has 0 saturated carbocycles. The standard InChI is InChI=1S/C13H19NO2/c1-4-16-13(15)8-12(14)11-6-5-9(2)7-10(11)3/h5-7,12H,4,8,14H2,1-3H3/p+1/t12-/m1/s1. The molecule has 3 N–H and O–H groups in total. The molecule has 3 heteroatoms. The summed E-state index contributed by atoms with van der Waals surface area (Å²) in [7, 11) is 0. The van der Waals surface area contributed by atoms with Crippen LogP contribution in [0.4, 0.5) is 0 Å². The minimum absolute atomic E-state index is 0.0281. The number of aryl methyl sites for hydroxylation is 2. The summed E-state index contributed by atoms with van der Waals surface area (Å²) in [5, 5.41) is 0. The molecule has 0 bridgehead atoms. The lowest BCUT2D eigenvalue weighted by Crippen LogP contribution is -2.54. The summed E-state index contributed by atoms with van der Waals surface area (Å²) in [6.07, 6.45) is 0.345. The van der Waals surface area contributed by atoms with Gasteiger partial charge in [-0.25, -0.2) is 0 Å². The van der Waals surface area contributed by atoms with Crippen LogP contribution in [0.25, 0.3) is 0 Å². The molecule has 3 nitrogen and oxygen atoms in total. The van der Waals surface area contributed by atoms with Gasteiger partial charge in [-0.15, -0.1) is 0 Å². The molecule has 1 aromatic rings. The van der Waals surface area contributed by atoms with Crippen LogP contribution < -0.4 is 5.73 Å². The molecule has 1 atom stereocenters. The van der Waals surface area contributed by atoms with E-state index in [1.54, 1.807) is 0 Å². The van der Waals surface area contributed by atoms with Crippen molar-refractivity contribution in [3.05, 3.63) is 34.9 Å². The summed E-state index contributed by atoms with van der Waals surface area (Å²) in [6.45, 7) is 6.34. The van der Waals surface area contributed by atoms with E-state index in [0.29, 0.717) is 13.0 Å². The van der Waals surface area contributed by atoms with Gasteiger partial charge in [0, 0.05) is 5.56 Å². The second-order valence-corrected chi connectivity index (χ2v) is 4.07. The van der Waals surface area contributed by atoms with Crippen molar-refractivity contribution in [3.63, 3.8) is 0 Å². The van der Waals surface area contributed by atoms with Gasteiger partial charge in [0.15, 0.2) is 0 Å². The Morgan fingerprint density at radius 2 is 2.12 bits per heavy atom. The van der Waals surface area contributed by atoms with E-state index in [4.69, 9.17) is 4.74 Å². The SMILES string of the molecule is CCOC(=O)C[C@@H]([NH3+])c1ccc(C)cc1C. The van der Waals surface area contributed by atoms with Gasteiger partial charge in [0.2, 0.25) is 0 Å². The van der Waals surface area contributed by atoms with E-state index in [0.717, 1.165) is 5.56 Å². The molecule has 0 radical (unpaired) electrons. The first-order valence-electron chi connectivity index (χ1n) is 5.60. The molecule has 0 unspecified atom stereocenters. The summed E-state index contributed by atoms with van der Waals surface area (Å²) < 4.78 is 4.92. The minimum atomic E-state index is -0.178. The van der Waals surface area contributed by atoms with E-state index < -0.39 is 0 Å². The lowest BCUT2D eigenvalue weighted by molar-refractivity contribution is -0.426. The van der Waals surface area contributed by atoms with Crippen molar-refractivity contribution in [1.29, 1.82) is 0 Å². The summed E-state index contributed by atoms with van der Waals surface area (Å²) in [5.74, 6) is -0.178. The molecule has 1 rings (SSSR count). The maximum Gasteiger partial charge on any atom is 0.312 e. The van der Waals surface area contributed by atoms with E-state index in [2.05, 4.69) is 18.7 Å². The van der Waals surface area contributed by atoms with Crippen molar-refractivity contribution in [1.82, 2.24) is 0 Å². The van der Waals surface area contributed by atoms with Gasteiger partial charge >= 0.3 is 5.97 Å². The fraction of sp³-hybridized carbons (Fsp3) is 0.462. The maximum absolute atomic E-state index is 11.3. The molecule has 0 aromatic heterocycles. The summed E-state index contributed by atoms with van der Waals surface area (Å²) in [5.41, 5.74) is 7.55. The zero-order valence-electron chi connectivity index (χ0n) is 10.2. The van der Waals surface area contributed by atoms with E-state index in [9.17, 15) is 4.79 Å². The summed E-state index contributed by atoms with van der Waals surface area (Å²) in [4.78, 5) is 11.3. The lowest BCUT2D eigenvalue weighted by Gasteiger charge is -2.11. The monoisotopic (exact) mass is 222 g/mol. The van der Waals surface area contributed by atoms with Gasteiger partial charge in [-0.3, -0.25) is 4.79 Å². The van der Waals surface area contributed by atoms with Crippen LogP contribution in [0, 0.1) is 13.8 Å². The Hall–Kier alpha value is -1.35. The minimum Gasteiger partial charge on any atom is -0.466 e. The van der Waals surface area contributed by atoms with E-state index in [-0.39, 0.29) is 12.0 Å². The number of hydrogen-bond acceptors (Lipinski definition) is 2. The first-order valence-corrected chi connectivity index (χ1v) is 5.60. The predicted octanol–water partition coefficient (Wildman–Crippen LogP) is 1.54. The zero-order valence-corrected chi connectivity index (χ0v) is 10.2. The van der Waals surface area contributed by atoms with Crippen molar-refractivity contribution in [2.75, 3.05) is 6.61 Å². The molecule has 1 aromatic carbocycles. The van der Waals surface area contributed by atoms with Crippen LogP contribution in [0.5, 0.6) is 0 Å². The van der Waals surface area contributed by atoms with Crippen LogP contribution in [0.15, 0.2) is 18.2 Å². The van der Waals surface area contributed by atoms with Crippen molar-refractivity contribution in [2.45, 2.75) is 33.2 Å². The third-order valence-corrected chi connectivity index (χ3v) is 2.58. The predicted molar refractivity (Wildman–Crippen MR) is 62.8 cm³/mol. The van der Waals surface area contributed by atoms with Gasteiger partial charge < -0.3 is 10.5 Å². The molecule has 0 amide bonds. The van der Waals surface area contributed by atoms with Crippen LogP contribution >= 0.6 is 0 Å². The van der Waals surface area contributed by atoms with E-state index >= 15 is 0 Å². The van der Waals surface area contributed by atoms with Crippen LogP contribution in [0.3, 0.4) is 0 Å². The zero-order chi connectivity index (χ0) is 12.1. The Bertz CT molecular complexity index is 374. The third kappa shape index (κ3) is 3.35. The maximum atomic E-state index is 11.3.